The van der Waals surface area contributed by atoms with Crippen molar-refractivity contribution in [3.05, 3.63) is 39.7 Å². The fourth-order valence-electron chi connectivity index (χ4n) is 3.36. The van der Waals surface area contributed by atoms with Crippen LogP contribution in [0.3, 0.4) is 0 Å². The van der Waals surface area contributed by atoms with E-state index in [9.17, 15) is 4.79 Å². The van der Waals surface area contributed by atoms with Crippen molar-refractivity contribution < 1.29 is 4.79 Å². The van der Waals surface area contributed by atoms with Crippen LogP contribution in [0.5, 0.6) is 0 Å². The van der Waals surface area contributed by atoms with E-state index in [2.05, 4.69) is 0 Å². The van der Waals surface area contributed by atoms with Gasteiger partial charge in [0.05, 0.1) is 11.1 Å². The molecule has 2 unspecified atom stereocenters. The number of thiazole rings is 1. The Kier molecular flexibility index (Phi) is 3.50. The summed E-state index contributed by atoms with van der Waals surface area (Å²) in [7, 11) is 0. The number of rotatable bonds is 3. The van der Waals surface area contributed by atoms with E-state index in [1.807, 2.05) is 48.4 Å². The molecule has 1 aliphatic heterocycles. The summed E-state index contributed by atoms with van der Waals surface area (Å²) in [5, 5.41) is 3.62. The van der Waals surface area contributed by atoms with Gasteiger partial charge in [0.2, 0.25) is 5.91 Å². The molecule has 2 heterocycles. The van der Waals surface area contributed by atoms with Crippen LogP contribution in [0.4, 0.5) is 0 Å². The van der Waals surface area contributed by atoms with Gasteiger partial charge in [-0.1, -0.05) is 23.7 Å². The molecule has 0 spiro atoms. The maximum absolute atomic E-state index is 12.9. The number of benzene rings is 1. The molecule has 1 saturated heterocycles. The lowest BCUT2D eigenvalue weighted by Gasteiger charge is -2.28. The third-order valence-electron chi connectivity index (χ3n) is 4.98. The average molecular weight is 347 g/mol. The molecule has 0 bridgehead atoms. The van der Waals surface area contributed by atoms with Gasteiger partial charge in [-0.15, -0.1) is 11.3 Å². The minimum Gasteiger partial charge on any atom is -0.341 e. The van der Waals surface area contributed by atoms with Crippen LogP contribution < -0.4 is 0 Å². The van der Waals surface area contributed by atoms with Gasteiger partial charge < -0.3 is 4.90 Å². The van der Waals surface area contributed by atoms with Gasteiger partial charge in [-0.05, 0) is 44.2 Å². The first kappa shape index (κ1) is 15.2. The number of hydrogen-bond acceptors (Lipinski definition) is 3. The lowest BCUT2D eigenvalue weighted by molar-refractivity contribution is -0.135. The van der Waals surface area contributed by atoms with Gasteiger partial charge in [-0.3, -0.25) is 4.79 Å². The fraction of sp³-hybridized carbons (Fsp3) is 0.444. The second-order valence-electron chi connectivity index (χ2n) is 7.14. The standard InChI is InChI=1S/C18H19ClN2OS/c1-18(2,17(22)21-8-12-7-13(12)9-21)16-20-15(10-23-16)11-3-5-14(19)6-4-11/h3-6,10,12-13H,7-9H2,1-2H3. The Morgan fingerprint density at radius 3 is 2.57 bits per heavy atom. The predicted octanol–water partition coefficient (Wildman–Crippen LogP) is 4.22. The summed E-state index contributed by atoms with van der Waals surface area (Å²) in [6, 6.07) is 7.65. The molecule has 5 heteroatoms. The van der Waals surface area contributed by atoms with Gasteiger partial charge in [0.15, 0.2) is 0 Å². The quantitative estimate of drug-likeness (QED) is 0.833. The van der Waals surface area contributed by atoms with Gasteiger partial charge in [0.25, 0.3) is 0 Å². The van der Waals surface area contributed by atoms with E-state index < -0.39 is 5.41 Å². The molecule has 4 rings (SSSR count). The van der Waals surface area contributed by atoms with Crippen LogP contribution >= 0.6 is 22.9 Å². The van der Waals surface area contributed by atoms with Crippen molar-refractivity contribution in [2.75, 3.05) is 13.1 Å². The zero-order valence-electron chi connectivity index (χ0n) is 13.3. The Morgan fingerprint density at radius 1 is 1.26 bits per heavy atom. The molecule has 3 nitrogen and oxygen atoms in total. The second kappa shape index (κ2) is 5.32. The van der Waals surface area contributed by atoms with Crippen LogP contribution in [0, 0.1) is 11.8 Å². The maximum Gasteiger partial charge on any atom is 0.235 e. The number of hydrogen-bond donors (Lipinski definition) is 0. The fourth-order valence-corrected chi connectivity index (χ4v) is 4.44. The van der Waals surface area contributed by atoms with Crippen LogP contribution in [0.2, 0.25) is 5.02 Å². The molecular formula is C18H19ClN2OS. The van der Waals surface area contributed by atoms with Crippen molar-refractivity contribution in [2.24, 2.45) is 11.8 Å². The summed E-state index contributed by atoms with van der Waals surface area (Å²) < 4.78 is 0. The van der Waals surface area contributed by atoms with Crippen molar-refractivity contribution in [3.63, 3.8) is 0 Å². The van der Waals surface area contributed by atoms with Gasteiger partial charge in [0, 0.05) is 29.1 Å². The highest BCUT2D eigenvalue weighted by molar-refractivity contribution is 7.10. The summed E-state index contributed by atoms with van der Waals surface area (Å²) in [4.78, 5) is 19.7. The van der Waals surface area contributed by atoms with E-state index >= 15 is 0 Å². The van der Waals surface area contributed by atoms with E-state index in [0.29, 0.717) is 5.02 Å². The maximum atomic E-state index is 12.9. The topological polar surface area (TPSA) is 33.2 Å². The molecule has 2 fully saturated rings. The summed E-state index contributed by atoms with van der Waals surface area (Å²) in [6.07, 6.45) is 1.31. The first-order valence-corrected chi connectivity index (χ1v) is 9.22. The molecule has 1 saturated carbocycles. The van der Waals surface area contributed by atoms with E-state index in [-0.39, 0.29) is 5.91 Å². The second-order valence-corrected chi connectivity index (χ2v) is 8.43. The Bertz CT molecular complexity index is 743. The monoisotopic (exact) mass is 346 g/mol. The minimum atomic E-state index is -0.563. The number of likely N-dealkylation sites (tertiary alicyclic amines) is 1. The number of nitrogens with zero attached hydrogens (tertiary/aromatic N) is 2. The lowest BCUT2D eigenvalue weighted by atomic mass is 9.92. The number of amides is 1. The largest absolute Gasteiger partial charge is 0.341 e. The summed E-state index contributed by atoms with van der Waals surface area (Å²) in [6.45, 7) is 5.85. The minimum absolute atomic E-state index is 0.210. The highest BCUT2D eigenvalue weighted by atomic mass is 35.5. The average Bonchev–Trinajstić information content (AvgIpc) is 2.95. The van der Waals surface area contributed by atoms with Crippen LogP contribution in [0.15, 0.2) is 29.6 Å². The van der Waals surface area contributed by atoms with Crippen molar-refractivity contribution in [1.82, 2.24) is 9.88 Å². The number of halogens is 1. The SMILES string of the molecule is CC(C)(C(=O)N1CC2CC2C1)c1nc(-c2ccc(Cl)cc2)cs1. The van der Waals surface area contributed by atoms with Gasteiger partial charge in [0.1, 0.15) is 5.01 Å². The number of carbonyl (C=O) groups excluding carboxylic acids is 1. The third-order valence-corrected chi connectivity index (χ3v) is 6.40. The van der Waals surface area contributed by atoms with Crippen molar-refractivity contribution >= 4 is 28.8 Å². The van der Waals surface area contributed by atoms with Gasteiger partial charge in [-0.2, -0.15) is 0 Å². The molecule has 2 aliphatic rings. The highest BCUT2D eigenvalue weighted by Gasteiger charge is 2.49. The molecule has 2 atom stereocenters. The molecule has 2 aromatic rings. The van der Waals surface area contributed by atoms with Crippen LogP contribution in [-0.4, -0.2) is 28.9 Å². The lowest BCUT2D eigenvalue weighted by Crippen LogP contribution is -2.43. The number of fused-ring (bicyclic) bond motifs is 1. The molecule has 1 aliphatic carbocycles. The molecule has 0 N–H and O–H groups in total. The smallest absolute Gasteiger partial charge is 0.235 e. The van der Waals surface area contributed by atoms with Crippen LogP contribution in [0.1, 0.15) is 25.3 Å². The number of piperidine rings is 1. The molecule has 0 radical (unpaired) electrons. The normalized spacial score (nSPS) is 23.0. The van der Waals surface area contributed by atoms with E-state index in [1.54, 1.807) is 11.3 Å². The number of aromatic nitrogens is 1. The highest BCUT2D eigenvalue weighted by Crippen LogP contribution is 2.46. The molecule has 1 amide bonds. The first-order chi connectivity index (χ1) is 10.9. The van der Waals surface area contributed by atoms with Gasteiger partial charge in [-0.25, -0.2) is 4.98 Å². The summed E-state index contributed by atoms with van der Waals surface area (Å²) in [5.41, 5.74) is 1.38. The Labute approximate surface area is 145 Å². The third kappa shape index (κ3) is 2.68. The van der Waals surface area contributed by atoms with Crippen LogP contribution in [0.25, 0.3) is 11.3 Å². The van der Waals surface area contributed by atoms with Crippen molar-refractivity contribution in [1.29, 1.82) is 0 Å². The Morgan fingerprint density at radius 2 is 1.91 bits per heavy atom. The first-order valence-electron chi connectivity index (χ1n) is 7.96. The van der Waals surface area contributed by atoms with E-state index in [0.717, 1.165) is 41.2 Å². The summed E-state index contributed by atoms with van der Waals surface area (Å²) in [5.74, 6) is 1.73. The van der Waals surface area contributed by atoms with Gasteiger partial charge >= 0.3 is 0 Å². The number of carbonyl (C=O) groups is 1. The molecule has 1 aromatic carbocycles. The Hall–Kier alpha value is -1.39. The Balaban J connectivity index is 1.57. The molecular weight excluding hydrogens is 328 g/mol. The molecule has 1 aromatic heterocycles. The molecule has 120 valence electrons. The zero-order chi connectivity index (χ0) is 16.2. The van der Waals surface area contributed by atoms with E-state index in [4.69, 9.17) is 16.6 Å². The molecule has 23 heavy (non-hydrogen) atoms. The predicted molar refractivity (Wildman–Crippen MR) is 93.8 cm³/mol. The summed E-state index contributed by atoms with van der Waals surface area (Å²) >= 11 is 7.50. The van der Waals surface area contributed by atoms with Crippen molar-refractivity contribution in [3.8, 4) is 11.3 Å². The van der Waals surface area contributed by atoms with Crippen LogP contribution in [-0.2, 0) is 10.2 Å². The van der Waals surface area contributed by atoms with E-state index in [1.165, 1.54) is 6.42 Å². The van der Waals surface area contributed by atoms with Crippen molar-refractivity contribution in [2.45, 2.75) is 25.7 Å². The zero-order valence-corrected chi connectivity index (χ0v) is 14.8.